The molecule has 1 radical (unpaired) electrons. The van der Waals surface area contributed by atoms with E-state index in [1.165, 1.54) is 0 Å². The fourth-order valence-electron chi connectivity index (χ4n) is 0.674. The molecule has 0 aliphatic heterocycles. The van der Waals surface area contributed by atoms with Gasteiger partial charge < -0.3 is 5.73 Å². The fourth-order valence-corrected chi connectivity index (χ4v) is 1.43. The van der Waals surface area contributed by atoms with E-state index in [1.807, 2.05) is 0 Å². The summed E-state index contributed by atoms with van der Waals surface area (Å²) in [6, 6.07) is 0.958. The first-order valence-corrected chi connectivity index (χ1v) is 3.79. The van der Waals surface area contributed by atoms with Gasteiger partial charge in [-0.2, -0.15) is 0 Å². The molecule has 0 aromatic carbocycles. The molecule has 12 heavy (non-hydrogen) atoms. The van der Waals surface area contributed by atoms with E-state index >= 15 is 0 Å². The number of halogens is 1. The monoisotopic (exact) mass is 186 g/mol. The first kappa shape index (κ1) is 8.86. The number of carbonyl (C=O) groups is 2. The number of hydrogen-bond acceptors (Lipinski definition) is 3. The molecule has 3 nitrogen and oxygen atoms in total. The minimum absolute atomic E-state index is 0.0984. The van der Waals surface area contributed by atoms with Gasteiger partial charge in [0.1, 0.15) is 10.7 Å². The van der Waals surface area contributed by atoms with Crippen molar-refractivity contribution in [2.24, 2.45) is 5.73 Å². The number of rotatable bonds is 2. The van der Waals surface area contributed by atoms with Crippen molar-refractivity contribution < 1.29 is 14.0 Å². The van der Waals surface area contributed by atoms with Crippen LogP contribution in [0.25, 0.3) is 0 Å². The Morgan fingerprint density at radius 3 is 2.42 bits per heavy atom. The summed E-state index contributed by atoms with van der Waals surface area (Å²) in [5, 5.41) is 0. The van der Waals surface area contributed by atoms with E-state index in [0.29, 0.717) is 11.3 Å². The molecule has 5 heteroatoms. The summed E-state index contributed by atoms with van der Waals surface area (Å²) in [6.07, 6.45) is 0. The quantitative estimate of drug-likeness (QED) is 0.700. The van der Waals surface area contributed by atoms with Crippen molar-refractivity contribution >= 4 is 23.0 Å². The SMILES string of the molecule is [CH2]C(=O)c1cc(F)c(C(N)=O)s1. The molecule has 1 rings (SSSR count). The van der Waals surface area contributed by atoms with Crippen LogP contribution >= 0.6 is 11.3 Å². The summed E-state index contributed by atoms with van der Waals surface area (Å²) in [5.41, 5.74) is 4.83. The third-order valence-electron chi connectivity index (χ3n) is 1.19. The van der Waals surface area contributed by atoms with Crippen molar-refractivity contribution in [3.8, 4) is 0 Å². The average molecular weight is 186 g/mol. The number of nitrogens with two attached hydrogens (primary N) is 1. The molecule has 0 unspecified atom stereocenters. The summed E-state index contributed by atoms with van der Waals surface area (Å²) in [4.78, 5) is 21.0. The van der Waals surface area contributed by atoms with E-state index < -0.39 is 17.5 Å². The summed E-state index contributed by atoms with van der Waals surface area (Å²) >= 11 is 0.714. The van der Waals surface area contributed by atoms with E-state index in [9.17, 15) is 14.0 Å². The molecule has 0 aliphatic rings. The lowest BCUT2D eigenvalue weighted by atomic mass is 10.3. The molecule has 0 spiro atoms. The summed E-state index contributed by atoms with van der Waals surface area (Å²) in [5.74, 6) is -2.16. The Kier molecular flexibility index (Phi) is 2.23. The first-order valence-electron chi connectivity index (χ1n) is 2.98. The number of thiophene rings is 1. The lowest BCUT2D eigenvalue weighted by molar-refractivity contribution is 0.0999. The second-order valence-electron chi connectivity index (χ2n) is 2.08. The predicted molar refractivity (Wildman–Crippen MR) is 42.5 cm³/mol. The Hall–Kier alpha value is -1.23. The second kappa shape index (κ2) is 3.02. The molecule has 1 aromatic rings. The number of amides is 1. The molecule has 1 amide bonds. The van der Waals surface area contributed by atoms with Gasteiger partial charge in [-0.1, -0.05) is 0 Å². The molecule has 2 N–H and O–H groups in total. The van der Waals surface area contributed by atoms with Gasteiger partial charge >= 0.3 is 0 Å². The van der Waals surface area contributed by atoms with Crippen LogP contribution < -0.4 is 5.73 Å². The lowest BCUT2D eigenvalue weighted by Gasteiger charge is -1.85. The Morgan fingerprint density at radius 1 is 1.58 bits per heavy atom. The van der Waals surface area contributed by atoms with Crippen LogP contribution in [0, 0.1) is 12.7 Å². The number of Topliss-reactive ketones (excluding diaryl/α,β-unsaturated/α-hetero) is 1. The van der Waals surface area contributed by atoms with Gasteiger partial charge in [-0.15, -0.1) is 11.3 Å². The van der Waals surface area contributed by atoms with E-state index in [1.54, 1.807) is 0 Å². The highest BCUT2D eigenvalue weighted by molar-refractivity contribution is 7.16. The highest BCUT2D eigenvalue weighted by Gasteiger charge is 2.15. The van der Waals surface area contributed by atoms with Crippen LogP contribution in [-0.4, -0.2) is 11.7 Å². The van der Waals surface area contributed by atoms with Crippen LogP contribution in [0.3, 0.4) is 0 Å². The van der Waals surface area contributed by atoms with Crippen molar-refractivity contribution in [3.05, 3.63) is 28.6 Å². The zero-order valence-corrected chi connectivity index (χ0v) is 6.78. The number of ketones is 1. The standard InChI is InChI=1S/C7H5FNO2S/c1-3(10)5-2-4(8)6(12-5)7(9)11/h2H,1H2,(H2,9,11). The van der Waals surface area contributed by atoms with Crippen molar-refractivity contribution in [1.82, 2.24) is 0 Å². The fraction of sp³-hybridized carbons (Fsp3) is 0. The highest BCUT2D eigenvalue weighted by Crippen LogP contribution is 2.20. The lowest BCUT2D eigenvalue weighted by Crippen LogP contribution is -2.10. The minimum atomic E-state index is -0.870. The van der Waals surface area contributed by atoms with E-state index in [-0.39, 0.29) is 9.75 Å². The van der Waals surface area contributed by atoms with Gasteiger partial charge in [0.25, 0.3) is 5.91 Å². The molecule has 0 bridgehead atoms. The van der Waals surface area contributed by atoms with Crippen molar-refractivity contribution in [2.75, 3.05) is 0 Å². The smallest absolute Gasteiger partial charge is 0.261 e. The summed E-state index contributed by atoms with van der Waals surface area (Å²) in [7, 11) is 0. The Morgan fingerprint density at radius 2 is 2.17 bits per heavy atom. The molecule has 0 atom stereocenters. The molecule has 0 saturated heterocycles. The number of hydrogen-bond donors (Lipinski definition) is 1. The Bertz CT molecular complexity index is 345. The molecule has 0 fully saturated rings. The number of primary amides is 1. The van der Waals surface area contributed by atoms with Crippen LogP contribution in [0.15, 0.2) is 6.07 Å². The molecular formula is C7H5FNO2S. The number of carbonyl (C=O) groups excluding carboxylic acids is 2. The maximum absolute atomic E-state index is 12.8. The third-order valence-corrected chi connectivity index (χ3v) is 2.35. The molecule has 0 saturated carbocycles. The zero-order valence-electron chi connectivity index (χ0n) is 5.96. The van der Waals surface area contributed by atoms with Gasteiger partial charge in [-0.25, -0.2) is 4.39 Å². The van der Waals surface area contributed by atoms with Gasteiger partial charge in [0.15, 0.2) is 5.78 Å². The van der Waals surface area contributed by atoms with Gasteiger partial charge in [-0.3, -0.25) is 9.59 Å². The predicted octanol–water partition coefficient (Wildman–Crippen LogP) is 1.00. The van der Waals surface area contributed by atoms with Gasteiger partial charge in [-0.05, 0) is 6.07 Å². The summed E-state index contributed by atoms with van der Waals surface area (Å²) < 4.78 is 12.8. The van der Waals surface area contributed by atoms with Crippen LogP contribution in [-0.2, 0) is 0 Å². The van der Waals surface area contributed by atoms with E-state index in [0.717, 1.165) is 6.07 Å². The van der Waals surface area contributed by atoms with Crippen LogP contribution in [0.4, 0.5) is 4.39 Å². The highest BCUT2D eigenvalue weighted by atomic mass is 32.1. The van der Waals surface area contributed by atoms with Crippen molar-refractivity contribution in [1.29, 1.82) is 0 Å². The van der Waals surface area contributed by atoms with Crippen LogP contribution in [0.2, 0.25) is 0 Å². The molecular weight excluding hydrogens is 181 g/mol. The third kappa shape index (κ3) is 1.50. The maximum Gasteiger partial charge on any atom is 0.261 e. The van der Waals surface area contributed by atoms with Gasteiger partial charge in [0.2, 0.25) is 0 Å². The zero-order chi connectivity index (χ0) is 9.30. The van der Waals surface area contributed by atoms with Crippen molar-refractivity contribution in [2.45, 2.75) is 0 Å². The average Bonchev–Trinajstić information content (AvgIpc) is 2.30. The Balaban J connectivity index is 3.17. The molecule has 1 heterocycles. The molecule has 0 aliphatic carbocycles. The summed E-state index contributed by atoms with van der Waals surface area (Å²) in [6.45, 7) is 3.08. The van der Waals surface area contributed by atoms with Crippen molar-refractivity contribution in [3.63, 3.8) is 0 Å². The van der Waals surface area contributed by atoms with Gasteiger partial charge in [0.05, 0.1) is 4.88 Å². The van der Waals surface area contributed by atoms with Crippen LogP contribution in [0.5, 0.6) is 0 Å². The van der Waals surface area contributed by atoms with Crippen LogP contribution in [0.1, 0.15) is 19.3 Å². The maximum atomic E-state index is 12.8. The van der Waals surface area contributed by atoms with E-state index in [2.05, 4.69) is 6.92 Å². The van der Waals surface area contributed by atoms with Gasteiger partial charge in [0, 0.05) is 6.92 Å². The largest absolute Gasteiger partial charge is 0.365 e. The minimum Gasteiger partial charge on any atom is -0.365 e. The normalized spacial score (nSPS) is 9.83. The second-order valence-corrected chi connectivity index (χ2v) is 3.13. The van der Waals surface area contributed by atoms with E-state index in [4.69, 9.17) is 5.73 Å². The topological polar surface area (TPSA) is 60.2 Å². The Labute approximate surface area is 72.0 Å². The first-order chi connectivity index (χ1) is 5.52. The molecule has 63 valence electrons. The molecule has 1 aromatic heterocycles.